The average molecular weight is 276 g/mol. The number of nitrogens with one attached hydrogen (secondary N) is 1. The molecule has 0 unspecified atom stereocenters. The van der Waals surface area contributed by atoms with Gasteiger partial charge in [0.1, 0.15) is 0 Å². The molecule has 1 fully saturated rings. The van der Waals surface area contributed by atoms with E-state index in [4.69, 9.17) is 4.52 Å². The zero-order valence-electron chi connectivity index (χ0n) is 11.0. The first kappa shape index (κ1) is 12.4. The Hall–Kier alpha value is -1.62. The van der Waals surface area contributed by atoms with E-state index in [0.29, 0.717) is 0 Å². The fraction of sp³-hybridized carbons (Fsp3) is 0.429. The fourth-order valence-electron chi connectivity index (χ4n) is 2.16. The van der Waals surface area contributed by atoms with Crippen molar-refractivity contribution < 1.29 is 9.32 Å². The number of rotatable bonds is 4. The van der Waals surface area contributed by atoms with E-state index in [1.54, 1.807) is 11.3 Å². The van der Waals surface area contributed by atoms with Gasteiger partial charge in [-0.1, -0.05) is 11.2 Å². The van der Waals surface area contributed by atoms with E-state index in [0.717, 1.165) is 29.2 Å². The number of nitrogens with zero attached hydrogens (tertiary/aromatic N) is 1. The third-order valence-corrected chi connectivity index (χ3v) is 4.25. The summed E-state index contributed by atoms with van der Waals surface area (Å²) in [5, 5.41) is 9.07. The number of hydrogen-bond donors (Lipinski definition) is 1. The molecule has 3 rings (SSSR count). The molecular formula is C14H16N2O2S. The Kier molecular flexibility index (Phi) is 2.93. The van der Waals surface area contributed by atoms with E-state index in [2.05, 4.69) is 10.5 Å². The summed E-state index contributed by atoms with van der Waals surface area (Å²) >= 11 is 1.61. The zero-order valence-corrected chi connectivity index (χ0v) is 11.8. The van der Waals surface area contributed by atoms with Crippen molar-refractivity contribution in [2.45, 2.75) is 38.1 Å². The number of amides is 1. The molecule has 1 aliphatic carbocycles. The number of carbonyl (C=O) groups excluding carboxylic acids is 1. The Bertz CT molecular complexity index is 582. The molecule has 1 aliphatic rings. The van der Waals surface area contributed by atoms with E-state index >= 15 is 0 Å². The quantitative estimate of drug-likeness (QED) is 0.934. The second-order valence-corrected chi connectivity index (χ2v) is 6.21. The molecule has 1 N–H and O–H groups in total. The first-order valence-corrected chi connectivity index (χ1v) is 7.32. The molecule has 0 radical (unpaired) electrons. The van der Waals surface area contributed by atoms with Gasteiger partial charge in [-0.15, -0.1) is 11.3 Å². The highest BCUT2D eigenvalue weighted by atomic mass is 32.1. The van der Waals surface area contributed by atoms with Crippen LogP contribution in [0, 0.1) is 0 Å². The second kappa shape index (κ2) is 4.49. The molecule has 2 heterocycles. The Morgan fingerprint density at radius 2 is 2.32 bits per heavy atom. The molecule has 5 heteroatoms. The first-order valence-electron chi connectivity index (χ1n) is 6.44. The molecule has 2 aromatic rings. The highest BCUT2D eigenvalue weighted by molar-refractivity contribution is 7.13. The Labute approximate surface area is 115 Å². The molecule has 100 valence electrons. The standard InChI is InChI=1S/C14H16N2O2S/c1-9(2)15-13(17)14(5-6-14)12-8-10(18-16-12)11-4-3-7-19-11/h3-4,7-9H,5-6H2,1-2H3,(H,15,17). The van der Waals surface area contributed by atoms with Gasteiger partial charge in [0, 0.05) is 12.1 Å². The lowest BCUT2D eigenvalue weighted by atomic mass is 10.0. The lowest BCUT2D eigenvalue weighted by molar-refractivity contribution is -0.124. The van der Waals surface area contributed by atoms with Crippen LogP contribution < -0.4 is 5.32 Å². The number of carbonyl (C=O) groups is 1. The van der Waals surface area contributed by atoms with Crippen LogP contribution in [0.1, 0.15) is 32.4 Å². The van der Waals surface area contributed by atoms with Crippen molar-refractivity contribution in [1.82, 2.24) is 10.5 Å². The maximum absolute atomic E-state index is 12.2. The van der Waals surface area contributed by atoms with Crippen LogP contribution in [0.25, 0.3) is 10.6 Å². The molecule has 2 aromatic heterocycles. The van der Waals surface area contributed by atoms with Gasteiger partial charge in [-0.2, -0.15) is 0 Å². The van der Waals surface area contributed by atoms with Crippen molar-refractivity contribution >= 4 is 17.2 Å². The van der Waals surface area contributed by atoms with Gasteiger partial charge >= 0.3 is 0 Å². The van der Waals surface area contributed by atoms with Crippen molar-refractivity contribution in [3.8, 4) is 10.6 Å². The molecule has 0 aliphatic heterocycles. The highest BCUT2D eigenvalue weighted by Crippen LogP contribution is 2.48. The van der Waals surface area contributed by atoms with Crippen LogP contribution in [0.2, 0.25) is 0 Å². The summed E-state index contributed by atoms with van der Waals surface area (Å²) in [7, 11) is 0. The average Bonchev–Trinajstić information content (AvgIpc) is 2.80. The Morgan fingerprint density at radius 3 is 2.89 bits per heavy atom. The molecule has 0 aromatic carbocycles. The minimum absolute atomic E-state index is 0.0635. The van der Waals surface area contributed by atoms with E-state index < -0.39 is 5.41 Å². The van der Waals surface area contributed by atoms with Crippen molar-refractivity contribution in [3.63, 3.8) is 0 Å². The van der Waals surface area contributed by atoms with Gasteiger partial charge in [0.05, 0.1) is 16.0 Å². The topological polar surface area (TPSA) is 55.1 Å². The molecule has 19 heavy (non-hydrogen) atoms. The summed E-state index contributed by atoms with van der Waals surface area (Å²) in [4.78, 5) is 13.3. The number of thiophene rings is 1. The van der Waals surface area contributed by atoms with Crippen LogP contribution in [0.5, 0.6) is 0 Å². The van der Waals surface area contributed by atoms with Gasteiger partial charge in [0.25, 0.3) is 0 Å². The predicted molar refractivity (Wildman–Crippen MR) is 74.0 cm³/mol. The summed E-state index contributed by atoms with van der Waals surface area (Å²) in [6.07, 6.45) is 1.70. The Morgan fingerprint density at radius 1 is 1.53 bits per heavy atom. The van der Waals surface area contributed by atoms with Crippen LogP contribution in [0.15, 0.2) is 28.1 Å². The van der Waals surface area contributed by atoms with Crippen molar-refractivity contribution in [2.75, 3.05) is 0 Å². The highest BCUT2D eigenvalue weighted by Gasteiger charge is 2.53. The monoisotopic (exact) mass is 276 g/mol. The molecule has 1 amide bonds. The SMILES string of the molecule is CC(C)NC(=O)C1(c2cc(-c3cccs3)on2)CC1. The van der Waals surface area contributed by atoms with E-state index in [1.807, 2.05) is 37.4 Å². The largest absolute Gasteiger partial charge is 0.355 e. The minimum Gasteiger partial charge on any atom is -0.355 e. The number of aromatic nitrogens is 1. The Balaban J connectivity index is 1.85. The van der Waals surface area contributed by atoms with Crippen LogP contribution in [-0.2, 0) is 10.2 Å². The van der Waals surface area contributed by atoms with Crippen molar-refractivity contribution in [1.29, 1.82) is 0 Å². The molecular weight excluding hydrogens is 260 g/mol. The normalized spacial score (nSPS) is 16.6. The van der Waals surface area contributed by atoms with Crippen LogP contribution in [0.3, 0.4) is 0 Å². The van der Waals surface area contributed by atoms with Gasteiger partial charge < -0.3 is 9.84 Å². The lowest BCUT2D eigenvalue weighted by Gasteiger charge is -2.14. The summed E-state index contributed by atoms with van der Waals surface area (Å²) in [5.74, 6) is 0.808. The van der Waals surface area contributed by atoms with Crippen LogP contribution in [0.4, 0.5) is 0 Å². The summed E-state index contributed by atoms with van der Waals surface area (Å²) in [5.41, 5.74) is 0.303. The molecule has 1 saturated carbocycles. The second-order valence-electron chi connectivity index (χ2n) is 5.26. The van der Waals surface area contributed by atoms with E-state index in [9.17, 15) is 4.79 Å². The van der Waals surface area contributed by atoms with Gasteiger partial charge in [-0.3, -0.25) is 4.79 Å². The fourth-order valence-corrected chi connectivity index (χ4v) is 2.83. The predicted octanol–water partition coefficient (Wildman–Crippen LogP) is 2.96. The zero-order chi connectivity index (χ0) is 13.5. The van der Waals surface area contributed by atoms with Gasteiger partial charge in [0.2, 0.25) is 5.91 Å². The third kappa shape index (κ3) is 2.18. The maximum Gasteiger partial charge on any atom is 0.232 e. The third-order valence-electron chi connectivity index (χ3n) is 3.37. The lowest BCUT2D eigenvalue weighted by Crippen LogP contribution is -2.39. The summed E-state index contributed by atoms with van der Waals surface area (Å²) in [6.45, 7) is 3.93. The molecule has 0 atom stereocenters. The van der Waals surface area contributed by atoms with Crippen molar-refractivity contribution in [2.24, 2.45) is 0 Å². The van der Waals surface area contributed by atoms with Crippen LogP contribution in [-0.4, -0.2) is 17.1 Å². The molecule has 4 nitrogen and oxygen atoms in total. The van der Waals surface area contributed by atoms with Crippen LogP contribution >= 0.6 is 11.3 Å². The van der Waals surface area contributed by atoms with Crippen molar-refractivity contribution in [3.05, 3.63) is 29.3 Å². The van der Waals surface area contributed by atoms with Gasteiger partial charge in [-0.25, -0.2) is 0 Å². The maximum atomic E-state index is 12.2. The molecule has 0 bridgehead atoms. The van der Waals surface area contributed by atoms with Gasteiger partial charge in [-0.05, 0) is 38.1 Å². The number of hydrogen-bond acceptors (Lipinski definition) is 4. The van der Waals surface area contributed by atoms with E-state index in [1.165, 1.54) is 0 Å². The summed E-state index contributed by atoms with van der Waals surface area (Å²) in [6, 6.07) is 6.01. The van der Waals surface area contributed by atoms with Gasteiger partial charge in [0.15, 0.2) is 5.76 Å². The van der Waals surface area contributed by atoms with E-state index in [-0.39, 0.29) is 11.9 Å². The molecule has 0 spiro atoms. The minimum atomic E-state index is -0.455. The molecule has 0 saturated heterocycles. The summed E-state index contributed by atoms with van der Waals surface area (Å²) < 4.78 is 5.37. The first-order chi connectivity index (χ1) is 9.12. The smallest absolute Gasteiger partial charge is 0.232 e.